The predicted molar refractivity (Wildman–Crippen MR) is 169 cm³/mol. The highest BCUT2D eigenvalue weighted by atomic mass is 32.2. The van der Waals surface area contributed by atoms with Crippen LogP contribution in [0.5, 0.6) is 0 Å². The zero-order chi connectivity index (χ0) is 31.4. The van der Waals surface area contributed by atoms with E-state index in [9.17, 15) is 18.0 Å². The van der Waals surface area contributed by atoms with Crippen LogP contribution in [0.15, 0.2) is 18.2 Å². The summed E-state index contributed by atoms with van der Waals surface area (Å²) < 4.78 is 31.8. The van der Waals surface area contributed by atoms with E-state index in [1.165, 1.54) is 12.8 Å². The number of aromatic nitrogens is 2. The van der Waals surface area contributed by atoms with Crippen LogP contribution < -0.4 is 11.1 Å². The van der Waals surface area contributed by atoms with Gasteiger partial charge in [-0.3, -0.25) is 9.59 Å². The number of benzene rings is 1. The summed E-state index contributed by atoms with van der Waals surface area (Å²) in [5.74, 6) is 0.0808. The van der Waals surface area contributed by atoms with Gasteiger partial charge < -0.3 is 20.9 Å². The van der Waals surface area contributed by atoms with Crippen molar-refractivity contribution < 1.29 is 18.0 Å². The highest BCUT2D eigenvalue weighted by molar-refractivity contribution is 7.86. The Labute approximate surface area is 260 Å². The highest BCUT2D eigenvalue weighted by Crippen LogP contribution is 2.38. The lowest BCUT2D eigenvalue weighted by Crippen LogP contribution is -2.53. The standard InChI is InChI=1S/C31H46N8O4S/c1-21-28-27(19-31(2,3)38(30(28)41)20-22-6-7-22)39(34-21)24-8-9-25(29(32)40)26(18-24)33-23-10-14-37(15-11-23)44(42,43)36-13-5-12-35(4)16-17-36/h8-9,18,22-23,33H,5-7,10-17,19-20H2,1-4H3,(H2,32,40). The van der Waals surface area contributed by atoms with E-state index in [0.717, 1.165) is 37.4 Å². The van der Waals surface area contributed by atoms with Gasteiger partial charge in [-0.1, -0.05) is 0 Å². The molecule has 3 aliphatic heterocycles. The largest absolute Gasteiger partial charge is 0.382 e. The van der Waals surface area contributed by atoms with Crippen molar-refractivity contribution in [2.45, 2.75) is 70.9 Å². The molecule has 4 heterocycles. The number of nitrogens with two attached hydrogens (primary N) is 1. The second-order valence-electron chi connectivity index (χ2n) is 13.6. The number of rotatable bonds is 8. The van der Waals surface area contributed by atoms with Crippen LogP contribution in [0, 0.1) is 12.8 Å². The molecule has 13 heteroatoms. The maximum Gasteiger partial charge on any atom is 0.282 e. The van der Waals surface area contributed by atoms with Crippen molar-refractivity contribution in [3.05, 3.63) is 40.7 Å². The highest BCUT2D eigenvalue weighted by Gasteiger charge is 2.44. The Morgan fingerprint density at radius 2 is 1.75 bits per heavy atom. The molecule has 0 spiro atoms. The van der Waals surface area contributed by atoms with Gasteiger partial charge in [0.2, 0.25) is 0 Å². The Bertz CT molecular complexity index is 1540. The number of carbonyl (C=O) groups is 2. The molecule has 1 aromatic carbocycles. The lowest BCUT2D eigenvalue weighted by atomic mass is 9.87. The number of primary amides is 1. The fourth-order valence-corrected chi connectivity index (χ4v) is 8.57. The van der Waals surface area contributed by atoms with Crippen molar-refractivity contribution in [3.63, 3.8) is 0 Å². The third kappa shape index (κ3) is 5.99. The van der Waals surface area contributed by atoms with E-state index < -0.39 is 16.1 Å². The summed E-state index contributed by atoms with van der Waals surface area (Å²) in [4.78, 5) is 30.3. The van der Waals surface area contributed by atoms with E-state index in [2.05, 4.69) is 24.1 Å². The second-order valence-corrected chi connectivity index (χ2v) is 15.6. The van der Waals surface area contributed by atoms with Crippen LogP contribution in [0.3, 0.4) is 0 Å². The van der Waals surface area contributed by atoms with Crippen LogP contribution in [0.2, 0.25) is 0 Å². The van der Waals surface area contributed by atoms with E-state index in [1.54, 1.807) is 14.7 Å². The van der Waals surface area contributed by atoms with Crippen molar-refractivity contribution in [2.24, 2.45) is 11.7 Å². The van der Waals surface area contributed by atoms with E-state index in [4.69, 9.17) is 10.8 Å². The van der Waals surface area contributed by atoms with Crippen LogP contribution in [0.4, 0.5) is 5.69 Å². The minimum absolute atomic E-state index is 0.0326. The van der Waals surface area contributed by atoms with Gasteiger partial charge in [-0.25, -0.2) is 4.68 Å². The number of fused-ring (bicyclic) bond motifs is 1. The van der Waals surface area contributed by atoms with Gasteiger partial charge in [-0.15, -0.1) is 0 Å². The monoisotopic (exact) mass is 626 g/mol. The Kier molecular flexibility index (Phi) is 8.27. The summed E-state index contributed by atoms with van der Waals surface area (Å²) in [6, 6.07) is 5.36. The summed E-state index contributed by atoms with van der Waals surface area (Å²) in [6.45, 7) is 10.4. The first-order chi connectivity index (χ1) is 20.8. The van der Waals surface area contributed by atoms with Crippen LogP contribution in [0.1, 0.15) is 78.1 Å². The smallest absolute Gasteiger partial charge is 0.282 e. The topological polar surface area (TPSA) is 137 Å². The van der Waals surface area contributed by atoms with Gasteiger partial charge in [0, 0.05) is 63.0 Å². The number of aryl methyl sites for hydroxylation is 1. The molecule has 1 aromatic heterocycles. The number of carbonyl (C=O) groups excluding carboxylic acids is 2. The van der Waals surface area contributed by atoms with Crippen LogP contribution in [-0.4, -0.2) is 113 Å². The molecule has 3 N–H and O–H groups in total. The summed E-state index contributed by atoms with van der Waals surface area (Å²) >= 11 is 0. The summed E-state index contributed by atoms with van der Waals surface area (Å²) in [5.41, 5.74) is 9.36. The lowest BCUT2D eigenvalue weighted by molar-refractivity contribution is 0.0487. The second kappa shape index (κ2) is 11.7. The molecule has 0 bridgehead atoms. The molecule has 44 heavy (non-hydrogen) atoms. The lowest BCUT2D eigenvalue weighted by Gasteiger charge is -2.42. The molecule has 1 aliphatic carbocycles. The number of anilines is 1. The van der Waals surface area contributed by atoms with Crippen molar-refractivity contribution >= 4 is 27.7 Å². The van der Waals surface area contributed by atoms with Crippen molar-refractivity contribution in [1.29, 1.82) is 0 Å². The van der Waals surface area contributed by atoms with Gasteiger partial charge in [0.15, 0.2) is 0 Å². The summed E-state index contributed by atoms with van der Waals surface area (Å²) in [7, 11) is -1.50. The molecule has 2 amide bonds. The first kappa shape index (κ1) is 31.0. The molecular weight excluding hydrogens is 580 g/mol. The maximum atomic E-state index is 13.7. The Morgan fingerprint density at radius 1 is 1.05 bits per heavy atom. The Morgan fingerprint density at radius 3 is 2.43 bits per heavy atom. The number of hydrogen-bond donors (Lipinski definition) is 2. The number of piperidine rings is 1. The van der Waals surface area contributed by atoms with Crippen molar-refractivity contribution in [3.8, 4) is 5.69 Å². The molecule has 2 saturated heterocycles. The fraction of sp³-hybridized carbons (Fsp3) is 0.645. The zero-order valence-electron chi connectivity index (χ0n) is 26.4. The zero-order valence-corrected chi connectivity index (χ0v) is 27.2. The number of nitrogens with zero attached hydrogens (tertiary/aromatic N) is 6. The molecule has 1 saturated carbocycles. The molecule has 12 nitrogen and oxygen atoms in total. The summed E-state index contributed by atoms with van der Waals surface area (Å²) in [5, 5.41) is 8.30. The van der Waals surface area contributed by atoms with Gasteiger partial charge >= 0.3 is 0 Å². The average molecular weight is 627 g/mol. The molecule has 2 aromatic rings. The quantitative estimate of drug-likeness (QED) is 0.459. The predicted octanol–water partition coefficient (Wildman–Crippen LogP) is 2.23. The molecule has 0 radical (unpaired) electrons. The van der Waals surface area contributed by atoms with Gasteiger partial charge in [-0.2, -0.15) is 22.1 Å². The van der Waals surface area contributed by atoms with E-state index in [1.807, 2.05) is 35.7 Å². The molecule has 6 rings (SSSR count). The molecule has 0 unspecified atom stereocenters. The molecular formula is C31H46N8O4S. The third-order valence-electron chi connectivity index (χ3n) is 9.74. The molecule has 240 valence electrons. The minimum Gasteiger partial charge on any atom is -0.382 e. The number of likely N-dealkylation sites (N-methyl/N-ethyl adjacent to an activating group) is 1. The molecule has 4 aliphatic rings. The first-order valence-electron chi connectivity index (χ1n) is 15.9. The van der Waals surface area contributed by atoms with Crippen LogP contribution in [0.25, 0.3) is 5.69 Å². The number of amides is 2. The van der Waals surface area contributed by atoms with E-state index in [-0.39, 0.29) is 17.5 Å². The number of nitrogens with one attached hydrogen (secondary N) is 1. The van der Waals surface area contributed by atoms with Gasteiger partial charge in [0.05, 0.1) is 28.2 Å². The van der Waals surface area contributed by atoms with Gasteiger partial charge in [0.1, 0.15) is 0 Å². The first-order valence-corrected chi connectivity index (χ1v) is 17.3. The van der Waals surface area contributed by atoms with Gasteiger partial charge in [-0.05, 0) is 90.6 Å². The summed E-state index contributed by atoms with van der Waals surface area (Å²) in [6.07, 6.45) is 5.05. The van der Waals surface area contributed by atoms with Crippen LogP contribution >= 0.6 is 0 Å². The van der Waals surface area contributed by atoms with E-state index >= 15 is 0 Å². The normalized spacial score (nSPS) is 22.5. The molecule has 3 fully saturated rings. The third-order valence-corrected chi connectivity index (χ3v) is 11.8. The SMILES string of the molecule is Cc1nn(-c2ccc(C(N)=O)c(NC3CCN(S(=O)(=O)N4CCCN(C)CC4)CC3)c2)c2c1C(=O)N(CC1CC1)C(C)(C)C2. The van der Waals surface area contributed by atoms with E-state index in [0.29, 0.717) is 73.9 Å². The minimum atomic E-state index is -3.52. The maximum absolute atomic E-state index is 13.7. The number of hydrogen-bond acceptors (Lipinski definition) is 7. The average Bonchev–Trinajstić information content (AvgIpc) is 3.77. The van der Waals surface area contributed by atoms with Gasteiger partial charge in [0.25, 0.3) is 22.0 Å². The Balaban J connectivity index is 1.21. The van der Waals surface area contributed by atoms with Crippen molar-refractivity contribution in [2.75, 3.05) is 58.2 Å². The Hall–Kier alpha value is -3.00. The fourth-order valence-electron chi connectivity index (χ4n) is 6.90. The van der Waals surface area contributed by atoms with Crippen molar-refractivity contribution in [1.82, 2.24) is 28.2 Å². The molecule has 0 atom stereocenters. The van der Waals surface area contributed by atoms with Crippen LogP contribution in [-0.2, 0) is 16.6 Å².